The predicted octanol–water partition coefficient (Wildman–Crippen LogP) is 3.50. The third-order valence-electron chi connectivity index (χ3n) is 6.34. The first-order valence-electron chi connectivity index (χ1n) is 9.23. The van der Waals surface area contributed by atoms with Gasteiger partial charge in [0.15, 0.2) is 0 Å². The molecule has 4 rings (SSSR count). The number of piperidine rings is 1. The molecule has 25 heavy (non-hydrogen) atoms. The Hall–Kier alpha value is -2.13. The SMILES string of the molecule is CC[C@]1(c2cc(C)cc(C(N)=O)c2)[C@@H]2CN(Cc3ccccc3)C[C@@H]21. The maximum absolute atomic E-state index is 11.7. The van der Waals surface area contributed by atoms with Gasteiger partial charge in [-0.25, -0.2) is 0 Å². The summed E-state index contributed by atoms with van der Waals surface area (Å²) in [6.45, 7) is 7.67. The summed E-state index contributed by atoms with van der Waals surface area (Å²) in [5.41, 5.74) is 10.3. The molecule has 1 saturated carbocycles. The number of hydrogen-bond acceptors (Lipinski definition) is 2. The van der Waals surface area contributed by atoms with Gasteiger partial charge < -0.3 is 5.73 Å². The molecule has 1 heterocycles. The maximum Gasteiger partial charge on any atom is 0.248 e. The van der Waals surface area contributed by atoms with Crippen molar-refractivity contribution < 1.29 is 4.79 Å². The number of likely N-dealkylation sites (tertiary alicyclic amines) is 1. The fourth-order valence-corrected chi connectivity index (χ4v) is 5.14. The minimum Gasteiger partial charge on any atom is -0.366 e. The molecule has 3 nitrogen and oxygen atoms in total. The van der Waals surface area contributed by atoms with E-state index in [1.165, 1.54) is 11.1 Å². The van der Waals surface area contributed by atoms with Gasteiger partial charge in [0.2, 0.25) is 5.91 Å². The van der Waals surface area contributed by atoms with Crippen molar-refractivity contribution in [2.75, 3.05) is 13.1 Å². The number of carbonyl (C=O) groups excluding carboxylic acids is 1. The van der Waals surface area contributed by atoms with Gasteiger partial charge in [-0.05, 0) is 48.4 Å². The number of primary amides is 1. The molecule has 1 aliphatic carbocycles. The van der Waals surface area contributed by atoms with Crippen LogP contribution in [0.1, 0.15) is 40.4 Å². The molecule has 0 spiro atoms. The smallest absolute Gasteiger partial charge is 0.248 e. The molecule has 1 aliphatic heterocycles. The number of amides is 1. The van der Waals surface area contributed by atoms with E-state index in [2.05, 4.69) is 55.1 Å². The number of rotatable bonds is 5. The van der Waals surface area contributed by atoms with Gasteiger partial charge in [-0.1, -0.05) is 48.9 Å². The Morgan fingerprint density at radius 1 is 1.16 bits per heavy atom. The highest BCUT2D eigenvalue weighted by Gasteiger charge is 2.67. The van der Waals surface area contributed by atoms with Crippen molar-refractivity contribution in [3.63, 3.8) is 0 Å². The molecule has 2 aliphatic rings. The molecule has 2 N–H and O–H groups in total. The Balaban J connectivity index is 1.54. The molecule has 1 saturated heterocycles. The maximum atomic E-state index is 11.7. The Bertz CT molecular complexity index is 787. The molecule has 2 aromatic carbocycles. The van der Waals surface area contributed by atoms with E-state index in [4.69, 9.17) is 5.73 Å². The second-order valence-electron chi connectivity index (χ2n) is 7.74. The van der Waals surface area contributed by atoms with E-state index < -0.39 is 0 Å². The monoisotopic (exact) mass is 334 g/mol. The minimum absolute atomic E-state index is 0.239. The summed E-state index contributed by atoms with van der Waals surface area (Å²) in [6, 6.07) is 16.9. The lowest BCUT2D eigenvalue weighted by Gasteiger charge is -2.27. The lowest BCUT2D eigenvalue weighted by atomic mass is 9.85. The average molecular weight is 334 g/mol. The van der Waals surface area contributed by atoms with Gasteiger partial charge >= 0.3 is 0 Å². The molecule has 130 valence electrons. The molecule has 0 aromatic heterocycles. The lowest BCUT2D eigenvalue weighted by molar-refractivity contribution is 0.1000. The van der Waals surface area contributed by atoms with Gasteiger partial charge in [-0.15, -0.1) is 0 Å². The van der Waals surface area contributed by atoms with Gasteiger partial charge in [0.25, 0.3) is 0 Å². The second kappa shape index (κ2) is 5.99. The number of fused-ring (bicyclic) bond motifs is 1. The van der Waals surface area contributed by atoms with E-state index in [1.807, 2.05) is 12.1 Å². The first-order valence-corrected chi connectivity index (χ1v) is 9.23. The topological polar surface area (TPSA) is 46.3 Å². The number of hydrogen-bond donors (Lipinski definition) is 1. The van der Waals surface area contributed by atoms with Gasteiger partial charge in [-0.2, -0.15) is 0 Å². The minimum atomic E-state index is -0.326. The quantitative estimate of drug-likeness (QED) is 0.909. The molecule has 2 fully saturated rings. The molecular weight excluding hydrogens is 308 g/mol. The van der Waals surface area contributed by atoms with E-state index >= 15 is 0 Å². The number of carbonyl (C=O) groups is 1. The van der Waals surface area contributed by atoms with Crippen molar-refractivity contribution in [1.82, 2.24) is 4.90 Å². The van der Waals surface area contributed by atoms with Crippen molar-refractivity contribution in [3.8, 4) is 0 Å². The van der Waals surface area contributed by atoms with Crippen LogP contribution in [-0.2, 0) is 12.0 Å². The second-order valence-corrected chi connectivity index (χ2v) is 7.74. The third-order valence-corrected chi connectivity index (χ3v) is 6.34. The fourth-order valence-electron chi connectivity index (χ4n) is 5.14. The molecule has 3 atom stereocenters. The summed E-state index contributed by atoms with van der Waals surface area (Å²) in [5, 5.41) is 0. The van der Waals surface area contributed by atoms with E-state index in [9.17, 15) is 4.79 Å². The summed E-state index contributed by atoms with van der Waals surface area (Å²) in [5.74, 6) is 1.07. The van der Waals surface area contributed by atoms with E-state index in [-0.39, 0.29) is 11.3 Å². The highest BCUT2D eigenvalue weighted by molar-refractivity contribution is 5.93. The van der Waals surface area contributed by atoms with Crippen LogP contribution in [0.25, 0.3) is 0 Å². The number of benzene rings is 2. The van der Waals surface area contributed by atoms with Crippen molar-refractivity contribution in [2.45, 2.75) is 32.2 Å². The molecular formula is C22H26N2O. The standard InChI is InChI=1S/C22H26N2O/c1-3-22(18-10-15(2)9-17(11-18)21(23)25)19-13-24(14-20(19)22)12-16-7-5-4-6-8-16/h4-11,19-20H,3,12-14H2,1-2H3,(H2,23,25)/t19-,20+,22+. The van der Waals surface area contributed by atoms with Gasteiger partial charge in [0.1, 0.15) is 0 Å². The van der Waals surface area contributed by atoms with Gasteiger partial charge in [-0.3, -0.25) is 9.69 Å². The molecule has 1 amide bonds. The zero-order valence-corrected chi connectivity index (χ0v) is 15.0. The van der Waals surface area contributed by atoms with Crippen LogP contribution in [0.2, 0.25) is 0 Å². The van der Waals surface area contributed by atoms with E-state index in [0.717, 1.165) is 31.6 Å². The van der Waals surface area contributed by atoms with Crippen LogP contribution in [0.5, 0.6) is 0 Å². The Labute approximate surface area is 149 Å². The normalized spacial score (nSPS) is 27.9. The van der Waals surface area contributed by atoms with E-state index in [0.29, 0.717) is 17.4 Å². The molecule has 0 radical (unpaired) electrons. The summed E-state index contributed by atoms with van der Waals surface area (Å²) < 4.78 is 0. The lowest BCUT2D eigenvalue weighted by Crippen LogP contribution is -2.30. The molecule has 3 heteroatoms. The predicted molar refractivity (Wildman–Crippen MR) is 100 cm³/mol. The Kier molecular flexibility index (Phi) is 3.92. The van der Waals surface area contributed by atoms with Crippen molar-refractivity contribution in [2.24, 2.45) is 17.6 Å². The van der Waals surface area contributed by atoms with Gasteiger partial charge in [0.05, 0.1) is 0 Å². The van der Waals surface area contributed by atoms with Gasteiger partial charge in [0, 0.05) is 30.6 Å². The summed E-state index contributed by atoms with van der Waals surface area (Å²) >= 11 is 0. The number of aryl methyl sites for hydroxylation is 1. The highest BCUT2D eigenvalue weighted by Crippen LogP contribution is 2.65. The summed E-state index contributed by atoms with van der Waals surface area (Å²) in [7, 11) is 0. The number of nitrogens with two attached hydrogens (primary N) is 1. The van der Waals surface area contributed by atoms with Crippen molar-refractivity contribution >= 4 is 5.91 Å². The van der Waals surface area contributed by atoms with Crippen LogP contribution in [0.15, 0.2) is 48.5 Å². The van der Waals surface area contributed by atoms with Crippen LogP contribution < -0.4 is 5.73 Å². The van der Waals surface area contributed by atoms with Crippen LogP contribution in [-0.4, -0.2) is 23.9 Å². The third kappa shape index (κ3) is 2.67. The molecule has 0 bridgehead atoms. The largest absolute Gasteiger partial charge is 0.366 e. The van der Waals surface area contributed by atoms with Crippen LogP contribution in [0, 0.1) is 18.8 Å². The molecule has 2 aromatic rings. The average Bonchev–Trinajstić information content (AvgIpc) is 2.99. The highest BCUT2D eigenvalue weighted by atomic mass is 16.1. The zero-order valence-electron chi connectivity index (χ0n) is 15.0. The number of nitrogens with zero attached hydrogens (tertiary/aromatic N) is 1. The summed E-state index contributed by atoms with van der Waals surface area (Å²) in [6.07, 6.45) is 1.13. The van der Waals surface area contributed by atoms with Crippen LogP contribution in [0.3, 0.4) is 0 Å². The zero-order chi connectivity index (χ0) is 17.6. The van der Waals surface area contributed by atoms with Crippen LogP contribution in [0.4, 0.5) is 0 Å². The van der Waals surface area contributed by atoms with Crippen molar-refractivity contribution in [3.05, 3.63) is 70.8 Å². The summed E-state index contributed by atoms with van der Waals surface area (Å²) in [4.78, 5) is 14.2. The van der Waals surface area contributed by atoms with Crippen LogP contribution >= 0.6 is 0 Å². The Morgan fingerprint density at radius 3 is 2.44 bits per heavy atom. The first kappa shape index (κ1) is 16.3. The van der Waals surface area contributed by atoms with Crippen molar-refractivity contribution in [1.29, 1.82) is 0 Å². The molecule has 0 unspecified atom stereocenters. The van der Waals surface area contributed by atoms with E-state index in [1.54, 1.807) is 0 Å². The Morgan fingerprint density at radius 2 is 1.84 bits per heavy atom. The fraction of sp³-hybridized carbons (Fsp3) is 0.409. The first-order chi connectivity index (χ1) is 12.0.